The molecular weight excluding hydrogens is 134 g/mol. The Morgan fingerprint density at radius 1 is 1.80 bits per heavy atom. The molecule has 0 amide bonds. The van der Waals surface area contributed by atoms with Crippen molar-refractivity contribution < 1.29 is 14.6 Å². The van der Waals surface area contributed by atoms with Crippen LogP contribution >= 0.6 is 0 Å². The van der Waals surface area contributed by atoms with E-state index in [1.165, 1.54) is 7.11 Å². The molecule has 0 bridgehead atoms. The number of hydrogen-bond acceptors (Lipinski definition) is 4. The van der Waals surface area contributed by atoms with Gasteiger partial charge >= 0.3 is 5.97 Å². The predicted octanol–water partition coefficient (Wildman–Crippen LogP) is -0.741. The van der Waals surface area contributed by atoms with Crippen LogP contribution in [0.15, 0.2) is 0 Å². The third-order valence-electron chi connectivity index (χ3n) is 1.18. The number of methoxy groups -OCH3 is 1. The van der Waals surface area contributed by atoms with Crippen LogP contribution in [-0.2, 0) is 9.53 Å². The molecule has 0 saturated carbocycles. The predicted molar refractivity (Wildman–Crippen MR) is 36.3 cm³/mol. The molecule has 0 aromatic heterocycles. The number of aliphatic hydroxyl groups excluding tert-OH is 1. The fourth-order valence-corrected chi connectivity index (χ4v) is 0.580. The van der Waals surface area contributed by atoms with Crippen LogP contribution in [0.5, 0.6) is 0 Å². The Hall–Kier alpha value is -0.610. The van der Waals surface area contributed by atoms with Gasteiger partial charge in [0.1, 0.15) is 6.04 Å². The van der Waals surface area contributed by atoms with E-state index in [4.69, 9.17) is 10.8 Å². The van der Waals surface area contributed by atoms with E-state index in [0.717, 1.165) is 0 Å². The molecule has 4 heteroatoms. The van der Waals surface area contributed by atoms with Crippen molar-refractivity contribution in [1.29, 1.82) is 0 Å². The van der Waals surface area contributed by atoms with Crippen molar-refractivity contribution in [1.82, 2.24) is 0 Å². The second-order valence-electron chi connectivity index (χ2n) is 2.00. The van der Waals surface area contributed by atoms with Crippen molar-refractivity contribution >= 4 is 5.97 Å². The Bertz CT molecular complexity index is 105. The van der Waals surface area contributed by atoms with Gasteiger partial charge in [-0.2, -0.15) is 0 Å². The molecule has 0 saturated heterocycles. The van der Waals surface area contributed by atoms with Gasteiger partial charge in [0.2, 0.25) is 0 Å². The minimum Gasteiger partial charge on any atom is -0.468 e. The quantitative estimate of drug-likeness (QED) is 0.514. The molecule has 0 aromatic rings. The van der Waals surface area contributed by atoms with E-state index in [9.17, 15) is 4.79 Å². The highest BCUT2D eigenvalue weighted by Gasteiger charge is 2.11. The summed E-state index contributed by atoms with van der Waals surface area (Å²) in [7, 11) is 1.29. The molecule has 0 spiro atoms. The molecule has 0 radical (unpaired) electrons. The van der Waals surface area contributed by atoms with Crippen LogP contribution in [0.4, 0.5) is 0 Å². The summed E-state index contributed by atoms with van der Waals surface area (Å²) in [4.78, 5) is 10.6. The van der Waals surface area contributed by atoms with E-state index in [1.807, 2.05) is 0 Å². The summed E-state index contributed by atoms with van der Waals surface area (Å²) in [5.74, 6) is -0.423. The smallest absolute Gasteiger partial charge is 0.322 e. The minimum absolute atomic E-state index is 0.0602. The first kappa shape index (κ1) is 9.39. The summed E-state index contributed by atoms with van der Waals surface area (Å²) in [5, 5.41) is 8.36. The van der Waals surface area contributed by atoms with Gasteiger partial charge in [-0.3, -0.25) is 4.79 Å². The molecule has 0 aromatic carbocycles. The zero-order valence-electron chi connectivity index (χ0n) is 6.04. The van der Waals surface area contributed by atoms with Gasteiger partial charge in [-0.15, -0.1) is 0 Å². The van der Waals surface area contributed by atoms with E-state index in [2.05, 4.69) is 4.74 Å². The van der Waals surface area contributed by atoms with Gasteiger partial charge in [0, 0.05) is 6.61 Å². The maximum atomic E-state index is 10.6. The maximum absolute atomic E-state index is 10.6. The van der Waals surface area contributed by atoms with Crippen LogP contribution in [0.1, 0.15) is 12.8 Å². The van der Waals surface area contributed by atoms with Gasteiger partial charge in [0.15, 0.2) is 0 Å². The second kappa shape index (κ2) is 5.20. The van der Waals surface area contributed by atoms with Crippen LogP contribution < -0.4 is 5.73 Å². The van der Waals surface area contributed by atoms with E-state index >= 15 is 0 Å². The molecule has 60 valence electrons. The normalized spacial score (nSPS) is 12.7. The Morgan fingerprint density at radius 3 is 2.80 bits per heavy atom. The summed E-state index contributed by atoms with van der Waals surface area (Å²) in [6.45, 7) is 0.0602. The zero-order chi connectivity index (χ0) is 7.98. The first-order valence-electron chi connectivity index (χ1n) is 3.16. The molecule has 0 aliphatic rings. The highest BCUT2D eigenvalue weighted by atomic mass is 16.5. The monoisotopic (exact) mass is 147 g/mol. The summed E-state index contributed by atoms with van der Waals surface area (Å²) in [6, 6.07) is -0.586. The van der Waals surface area contributed by atoms with Crippen molar-refractivity contribution in [2.45, 2.75) is 18.9 Å². The fraction of sp³-hybridized carbons (Fsp3) is 0.833. The average Bonchev–Trinajstić information content (AvgIpc) is 1.98. The Morgan fingerprint density at radius 2 is 2.40 bits per heavy atom. The fourth-order valence-electron chi connectivity index (χ4n) is 0.580. The summed E-state index contributed by atoms with van der Waals surface area (Å²) in [6.07, 6.45) is 1.01. The van der Waals surface area contributed by atoms with E-state index in [0.29, 0.717) is 12.8 Å². The van der Waals surface area contributed by atoms with Crippen molar-refractivity contribution in [2.24, 2.45) is 5.73 Å². The molecule has 10 heavy (non-hydrogen) atoms. The third-order valence-corrected chi connectivity index (χ3v) is 1.18. The second-order valence-corrected chi connectivity index (χ2v) is 2.00. The van der Waals surface area contributed by atoms with Gasteiger partial charge in [-0.25, -0.2) is 0 Å². The number of nitrogens with two attached hydrogens (primary N) is 1. The number of rotatable bonds is 4. The average molecular weight is 147 g/mol. The summed E-state index contributed by atoms with van der Waals surface area (Å²) >= 11 is 0. The molecule has 3 N–H and O–H groups in total. The van der Waals surface area contributed by atoms with Gasteiger partial charge < -0.3 is 15.6 Å². The first-order chi connectivity index (χ1) is 4.72. The number of aliphatic hydroxyl groups is 1. The summed E-state index contributed by atoms with van der Waals surface area (Å²) in [5.41, 5.74) is 5.33. The third kappa shape index (κ3) is 3.42. The summed E-state index contributed by atoms with van der Waals surface area (Å²) < 4.78 is 4.36. The molecule has 0 rings (SSSR count). The lowest BCUT2D eigenvalue weighted by atomic mass is 10.2. The van der Waals surface area contributed by atoms with Crippen LogP contribution in [0.25, 0.3) is 0 Å². The molecule has 1 unspecified atom stereocenters. The van der Waals surface area contributed by atoms with Crippen molar-refractivity contribution in [2.75, 3.05) is 13.7 Å². The molecular formula is C6H13NO3. The Balaban J connectivity index is 3.41. The van der Waals surface area contributed by atoms with Crippen LogP contribution in [0.2, 0.25) is 0 Å². The number of ether oxygens (including phenoxy) is 1. The number of carbonyl (C=O) groups excluding carboxylic acids is 1. The zero-order valence-corrected chi connectivity index (χ0v) is 6.04. The van der Waals surface area contributed by atoms with Gasteiger partial charge in [0.25, 0.3) is 0 Å². The minimum atomic E-state index is -0.586. The van der Waals surface area contributed by atoms with Gasteiger partial charge in [-0.1, -0.05) is 0 Å². The molecule has 0 aliphatic carbocycles. The largest absolute Gasteiger partial charge is 0.468 e. The lowest BCUT2D eigenvalue weighted by Gasteiger charge is -2.06. The van der Waals surface area contributed by atoms with Crippen LogP contribution in [0.3, 0.4) is 0 Å². The van der Waals surface area contributed by atoms with Crippen LogP contribution in [0, 0.1) is 0 Å². The van der Waals surface area contributed by atoms with E-state index in [1.54, 1.807) is 0 Å². The maximum Gasteiger partial charge on any atom is 0.322 e. The molecule has 0 heterocycles. The number of carbonyl (C=O) groups is 1. The first-order valence-corrected chi connectivity index (χ1v) is 3.16. The molecule has 0 fully saturated rings. The van der Waals surface area contributed by atoms with Crippen molar-refractivity contribution in [3.05, 3.63) is 0 Å². The van der Waals surface area contributed by atoms with Gasteiger partial charge in [-0.05, 0) is 12.8 Å². The topological polar surface area (TPSA) is 72.5 Å². The van der Waals surface area contributed by atoms with Crippen molar-refractivity contribution in [3.8, 4) is 0 Å². The van der Waals surface area contributed by atoms with E-state index in [-0.39, 0.29) is 6.61 Å². The molecule has 0 aliphatic heterocycles. The van der Waals surface area contributed by atoms with E-state index < -0.39 is 12.0 Å². The lowest BCUT2D eigenvalue weighted by molar-refractivity contribution is -0.142. The molecule has 1 atom stereocenters. The highest BCUT2D eigenvalue weighted by molar-refractivity contribution is 5.75. The molecule has 4 nitrogen and oxygen atoms in total. The number of esters is 1. The SMILES string of the molecule is COC(=O)C(N)CCCO. The lowest BCUT2D eigenvalue weighted by Crippen LogP contribution is -2.31. The van der Waals surface area contributed by atoms with Gasteiger partial charge in [0.05, 0.1) is 7.11 Å². The number of hydrogen-bond donors (Lipinski definition) is 2. The Kier molecular flexibility index (Phi) is 4.88. The van der Waals surface area contributed by atoms with Crippen LogP contribution in [-0.4, -0.2) is 30.8 Å². The Labute approximate surface area is 60.0 Å². The standard InChI is InChI=1S/C6H13NO3/c1-10-6(9)5(7)3-2-4-8/h5,8H,2-4,7H2,1H3. The van der Waals surface area contributed by atoms with Crippen molar-refractivity contribution in [3.63, 3.8) is 0 Å². The highest BCUT2D eigenvalue weighted by Crippen LogP contribution is 1.94.